The SMILES string of the molecule is Cc1cc(C)c(N2C(=O)NC(=O)C(=Cc3ccccc3[N+](=O)[O-])C2=O)c(C)c1. The topological polar surface area (TPSA) is 110 Å². The zero-order chi connectivity index (χ0) is 20.6. The molecule has 0 atom stereocenters. The van der Waals surface area contributed by atoms with Crippen molar-refractivity contribution in [2.45, 2.75) is 20.8 Å². The lowest BCUT2D eigenvalue weighted by Gasteiger charge is -2.29. The van der Waals surface area contributed by atoms with Crippen LogP contribution in [0.15, 0.2) is 42.0 Å². The van der Waals surface area contributed by atoms with E-state index in [2.05, 4.69) is 5.32 Å². The standard InChI is InChI=1S/C20H17N3O5/c1-11-8-12(2)17(13(3)9-11)22-19(25)15(18(24)21-20(22)26)10-14-6-4-5-7-16(14)23(27)28/h4-10H,1-3H3,(H,21,24,26). The summed E-state index contributed by atoms with van der Waals surface area (Å²) in [4.78, 5) is 49.2. The van der Waals surface area contributed by atoms with Crippen molar-refractivity contribution in [3.8, 4) is 0 Å². The van der Waals surface area contributed by atoms with Gasteiger partial charge in [0.2, 0.25) is 0 Å². The van der Waals surface area contributed by atoms with Crippen molar-refractivity contribution in [1.82, 2.24) is 5.32 Å². The van der Waals surface area contributed by atoms with Gasteiger partial charge in [-0.05, 0) is 44.0 Å². The van der Waals surface area contributed by atoms with E-state index in [1.54, 1.807) is 19.9 Å². The number of benzene rings is 2. The van der Waals surface area contributed by atoms with Crippen molar-refractivity contribution in [1.29, 1.82) is 0 Å². The van der Waals surface area contributed by atoms with Gasteiger partial charge in [-0.15, -0.1) is 0 Å². The molecule has 0 spiro atoms. The lowest BCUT2D eigenvalue weighted by Crippen LogP contribution is -2.54. The third kappa shape index (κ3) is 3.27. The minimum absolute atomic E-state index is 0.0950. The lowest BCUT2D eigenvalue weighted by molar-refractivity contribution is -0.385. The number of barbiturate groups is 1. The number of nitro benzene ring substituents is 1. The fourth-order valence-electron chi connectivity index (χ4n) is 3.32. The van der Waals surface area contributed by atoms with Gasteiger partial charge < -0.3 is 0 Å². The number of nitro groups is 1. The number of imide groups is 2. The summed E-state index contributed by atoms with van der Waals surface area (Å²) >= 11 is 0. The Morgan fingerprint density at radius 3 is 2.25 bits per heavy atom. The van der Waals surface area contributed by atoms with Gasteiger partial charge in [-0.25, -0.2) is 9.69 Å². The largest absolute Gasteiger partial charge is 0.335 e. The molecule has 8 heteroatoms. The molecule has 1 heterocycles. The molecule has 4 amide bonds. The first-order valence-electron chi connectivity index (χ1n) is 8.43. The van der Waals surface area contributed by atoms with Crippen LogP contribution in [0.25, 0.3) is 6.08 Å². The molecule has 8 nitrogen and oxygen atoms in total. The van der Waals surface area contributed by atoms with E-state index in [4.69, 9.17) is 0 Å². The van der Waals surface area contributed by atoms with Crippen LogP contribution in [0.2, 0.25) is 0 Å². The first-order valence-corrected chi connectivity index (χ1v) is 8.43. The predicted octanol–water partition coefficient (Wildman–Crippen LogP) is 3.19. The molecule has 1 aliphatic rings. The molecular formula is C20H17N3O5. The highest BCUT2D eigenvalue weighted by atomic mass is 16.6. The Morgan fingerprint density at radius 1 is 1.04 bits per heavy atom. The normalized spacial score (nSPS) is 15.8. The molecule has 0 radical (unpaired) electrons. The molecule has 0 aliphatic carbocycles. The predicted molar refractivity (Wildman–Crippen MR) is 103 cm³/mol. The number of hydrogen-bond donors (Lipinski definition) is 1. The molecule has 28 heavy (non-hydrogen) atoms. The number of nitrogens with one attached hydrogen (secondary N) is 1. The van der Waals surface area contributed by atoms with Crippen molar-refractivity contribution in [3.05, 3.63) is 74.3 Å². The van der Waals surface area contributed by atoms with Gasteiger partial charge in [-0.2, -0.15) is 0 Å². The fraction of sp³-hybridized carbons (Fsp3) is 0.150. The monoisotopic (exact) mass is 379 g/mol. The highest BCUT2D eigenvalue weighted by Crippen LogP contribution is 2.30. The number of urea groups is 1. The first-order chi connectivity index (χ1) is 13.2. The van der Waals surface area contributed by atoms with Crippen molar-refractivity contribution in [2.24, 2.45) is 0 Å². The number of aryl methyl sites for hydroxylation is 3. The van der Waals surface area contributed by atoms with E-state index >= 15 is 0 Å². The third-order valence-electron chi connectivity index (χ3n) is 4.39. The van der Waals surface area contributed by atoms with E-state index in [1.165, 1.54) is 18.2 Å². The molecule has 2 aromatic rings. The maximum absolute atomic E-state index is 13.0. The Balaban J connectivity index is 2.14. The quantitative estimate of drug-likeness (QED) is 0.381. The second kappa shape index (κ2) is 7.07. The minimum atomic E-state index is -0.896. The van der Waals surface area contributed by atoms with Crippen LogP contribution in [-0.4, -0.2) is 22.8 Å². The van der Waals surface area contributed by atoms with Gasteiger partial charge in [-0.1, -0.05) is 29.8 Å². The minimum Gasteiger partial charge on any atom is -0.273 e. The Labute approximate surface area is 160 Å². The summed E-state index contributed by atoms with van der Waals surface area (Å²) < 4.78 is 0. The van der Waals surface area contributed by atoms with E-state index in [0.29, 0.717) is 16.8 Å². The highest BCUT2D eigenvalue weighted by Gasteiger charge is 2.38. The van der Waals surface area contributed by atoms with Crippen LogP contribution in [0, 0.1) is 30.9 Å². The summed E-state index contributed by atoms with van der Waals surface area (Å²) in [5.41, 5.74) is 2.23. The summed E-state index contributed by atoms with van der Waals surface area (Å²) in [7, 11) is 0. The molecule has 142 valence electrons. The second-order valence-corrected chi connectivity index (χ2v) is 6.52. The molecule has 1 N–H and O–H groups in total. The Kier molecular flexibility index (Phi) is 4.79. The van der Waals surface area contributed by atoms with Gasteiger partial charge in [0, 0.05) is 6.07 Å². The molecule has 0 saturated carbocycles. The number of carbonyl (C=O) groups is 3. The maximum atomic E-state index is 13.0. The zero-order valence-corrected chi connectivity index (χ0v) is 15.5. The maximum Gasteiger partial charge on any atom is 0.335 e. The Morgan fingerprint density at radius 2 is 1.64 bits per heavy atom. The molecule has 0 unspecified atom stereocenters. The van der Waals surface area contributed by atoms with Gasteiger partial charge in [0.05, 0.1) is 16.2 Å². The van der Waals surface area contributed by atoms with E-state index in [-0.39, 0.29) is 16.8 Å². The summed E-state index contributed by atoms with van der Waals surface area (Å²) in [6, 6.07) is 8.53. The smallest absolute Gasteiger partial charge is 0.273 e. The number of rotatable bonds is 3. The van der Waals surface area contributed by atoms with E-state index in [9.17, 15) is 24.5 Å². The van der Waals surface area contributed by atoms with Crippen LogP contribution >= 0.6 is 0 Å². The van der Waals surface area contributed by atoms with Gasteiger partial charge in [0.15, 0.2) is 0 Å². The van der Waals surface area contributed by atoms with E-state index in [0.717, 1.165) is 16.5 Å². The number of nitrogens with zero attached hydrogens (tertiary/aromatic N) is 2. The molecule has 0 aromatic heterocycles. The van der Waals surface area contributed by atoms with Crippen molar-refractivity contribution >= 4 is 35.3 Å². The molecule has 1 fully saturated rings. The van der Waals surface area contributed by atoms with Crippen molar-refractivity contribution in [2.75, 3.05) is 4.90 Å². The third-order valence-corrected chi connectivity index (χ3v) is 4.39. The average Bonchev–Trinajstić information content (AvgIpc) is 2.60. The van der Waals surface area contributed by atoms with Crippen LogP contribution in [0.3, 0.4) is 0 Å². The number of carbonyl (C=O) groups excluding carboxylic acids is 3. The molecule has 0 bridgehead atoms. The van der Waals surface area contributed by atoms with Gasteiger partial charge in [0.1, 0.15) is 5.57 Å². The summed E-state index contributed by atoms with van der Waals surface area (Å²) in [6.45, 7) is 5.42. The van der Waals surface area contributed by atoms with Crippen molar-refractivity contribution < 1.29 is 19.3 Å². The lowest BCUT2D eigenvalue weighted by atomic mass is 10.0. The molecule has 1 saturated heterocycles. The van der Waals surface area contributed by atoms with Crippen LogP contribution in [0.4, 0.5) is 16.2 Å². The van der Waals surface area contributed by atoms with Crippen molar-refractivity contribution in [3.63, 3.8) is 0 Å². The summed E-state index contributed by atoms with van der Waals surface area (Å²) in [6.07, 6.45) is 1.13. The first kappa shape index (κ1) is 19.0. The number of anilines is 1. The fourth-order valence-corrected chi connectivity index (χ4v) is 3.32. The molecule has 1 aliphatic heterocycles. The van der Waals surface area contributed by atoms with Crippen LogP contribution in [0.1, 0.15) is 22.3 Å². The number of para-hydroxylation sites is 1. The Bertz CT molecular complexity index is 1050. The van der Waals surface area contributed by atoms with Gasteiger partial charge in [-0.3, -0.25) is 25.0 Å². The summed E-state index contributed by atoms with van der Waals surface area (Å²) in [5, 5.41) is 13.3. The number of hydrogen-bond acceptors (Lipinski definition) is 5. The summed E-state index contributed by atoms with van der Waals surface area (Å²) in [5.74, 6) is -1.73. The molecule has 3 rings (SSSR count). The van der Waals surface area contributed by atoms with Crippen LogP contribution in [-0.2, 0) is 9.59 Å². The van der Waals surface area contributed by atoms with E-state index in [1.807, 2.05) is 19.1 Å². The highest BCUT2D eigenvalue weighted by molar-refractivity contribution is 6.39. The zero-order valence-electron chi connectivity index (χ0n) is 15.5. The van der Waals surface area contributed by atoms with Gasteiger partial charge in [0.25, 0.3) is 17.5 Å². The second-order valence-electron chi connectivity index (χ2n) is 6.52. The molecular weight excluding hydrogens is 362 g/mol. The van der Waals surface area contributed by atoms with E-state index < -0.39 is 22.8 Å². The molecule has 2 aromatic carbocycles. The Hall–Kier alpha value is -3.81. The average molecular weight is 379 g/mol. The van der Waals surface area contributed by atoms with Gasteiger partial charge >= 0.3 is 6.03 Å². The van der Waals surface area contributed by atoms with Crippen LogP contribution in [0.5, 0.6) is 0 Å². The van der Waals surface area contributed by atoms with Crippen LogP contribution < -0.4 is 10.2 Å². The number of amides is 4.